The van der Waals surface area contributed by atoms with E-state index in [0.29, 0.717) is 17.9 Å². The van der Waals surface area contributed by atoms with Gasteiger partial charge in [0.05, 0.1) is 35.8 Å². The summed E-state index contributed by atoms with van der Waals surface area (Å²) in [6.07, 6.45) is -3.63. The average molecular weight is 1220 g/mol. The van der Waals surface area contributed by atoms with E-state index >= 15 is 9.59 Å². The Kier molecular flexibility index (Phi) is 22.8. The molecule has 0 aliphatic heterocycles. The number of amides is 3. The van der Waals surface area contributed by atoms with Gasteiger partial charge in [0, 0.05) is 24.5 Å². The van der Waals surface area contributed by atoms with Crippen LogP contribution in [0.15, 0.2) is 194 Å². The quantitative estimate of drug-likeness (QED) is 0.0238. The zero-order valence-electron chi connectivity index (χ0n) is 51.5. The van der Waals surface area contributed by atoms with Gasteiger partial charge in [0.1, 0.15) is 36.2 Å². The van der Waals surface area contributed by atoms with Crippen molar-refractivity contribution in [2.75, 3.05) is 19.0 Å². The normalized spacial score (nSPS) is 13.4. The van der Waals surface area contributed by atoms with Gasteiger partial charge in [-0.15, -0.1) is 11.8 Å². The number of alkyl carbamates (subject to hydrolysis) is 2. The topological polar surface area (TPSA) is 202 Å². The van der Waals surface area contributed by atoms with Gasteiger partial charge < -0.3 is 39.6 Å². The molecular weight excluding hydrogens is 1140 g/mol. The van der Waals surface area contributed by atoms with E-state index in [2.05, 4.69) is 16.0 Å². The maximum atomic E-state index is 15.2. The molecule has 464 valence electrons. The van der Waals surface area contributed by atoms with Crippen LogP contribution in [-0.4, -0.2) is 89.9 Å². The Balaban J connectivity index is 1.07. The van der Waals surface area contributed by atoms with Gasteiger partial charge >= 0.3 is 24.1 Å². The molecular formula is C73H79N3O12S. The van der Waals surface area contributed by atoms with Gasteiger partial charge in [-0.05, 0) is 124 Å². The van der Waals surface area contributed by atoms with E-state index < -0.39 is 94.4 Å². The van der Waals surface area contributed by atoms with Crippen LogP contribution in [0.1, 0.15) is 119 Å². The largest absolute Gasteiger partial charge is 0.494 e. The van der Waals surface area contributed by atoms with Crippen LogP contribution >= 0.6 is 11.8 Å². The lowest BCUT2D eigenvalue weighted by molar-refractivity contribution is -0.157. The molecule has 15 nitrogen and oxygen atoms in total. The van der Waals surface area contributed by atoms with Crippen LogP contribution in [0.5, 0.6) is 5.75 Å². The fraction of sp³-hybridized carbons (Fsp3) is 0.329. The Morgan fingerprint density at radius 2 is 1.01 bits per heavy atom. The first-order chi connectivity index (χ1) is 42.7. The van der Waals surface area contributed by atoms with Gasteiger partial charge in [-0.1, -0.05) is 182 Å². The summed E-state index contributed by atoms with van der Waals surface area (Å²) in [5.41, 5.74) is 6.22. The van der Waals surface area contributed by atoms with Crippen LogP contribution in [-0.2, 0) is 60.7 Å². The van der Waals surface area contributed by atoms with E-state index in [1.165, 1.54) is 11.8 Å². The predicted octanol–water partition coefficient (Wildman–Crippen LogP) is 13.0. The number of Topliss-reactive ketones (excluding diaryl/α,β-unsaturated/α-hetero) is 2. The molecule has 3 amide bonds. The van der Waals surface area contributed by atoms with Crippen LogP contribution in [0.3, 0.4) is 0 Å². The van der Waals surface area contributed by atoms with Crippen LogP contribution in [0.4, 0.5) is 9.59 Å². The summed E-state index contributed by atoms with van der Waals surface area (Å²) < 4.78 is 27.9. The van der Waals surface area contributed by atoms with Crippen molar-refractivity contribution >= 4 is 53.4 Å². The molecule has 1 aliphatic carbocycles. The van der Waals surface area contributed by atoms with Gasteiger partial charge in [0.15, 0.2) is 11.6 Å². The fourth-order valence-electron chi connectivity index (χ4n) is 10.9. The lowest BCUT2D eigenvalue weighted by atomic mass is 9.84. The highest BCUT2D eigenvalue weighted by Crippen LogP contribution is 2.49. The number of hydrogen-bond donors (Lipinski definition) is 3. The minimum Gasteiger partial charge on any atom is -0.494 e. The number of nitrogens with one attached hydrogen (secondary N) is 3. The zero-order chi connectivity index (χ0) is 63.6. The highest BCUT2D eigenvalue weighted by Gasteiger charge is 2.41. The number of hydrogen-bond acceptors (Lipinski definition) is 13. The number of fused-ring (bicyclic) bond motifs is 3. The second kappa shape index (κ2) is 30.7. The number of thioether (sulfide) groups is 1. The van der Waals surface area contributed by atoms with E-state index in [9.17, 15) is 24.0 Å². The lowest BCUT2D eigenvalue weighted by Crippen LogP contribution is -2.49. The molecule has 1 aliphatic rings. The van der Waals surface area contributed by atoms with Crippen molar-refractivity contribution in [3.63, 3.8) is 0 Å². The van der Waals surface area contributed by atoms with Crippen molar-refractivity contribution in [2.24, 2.45) is 5.92 Å². The number of ketones is 2. The van der Waals surface area contributed by atoms with E-state index in [1.54, 1.807) is 65.8 Å². The average Bonchev–Trinajstić information content (AvgIpc) is 1.92. The molecule has 4 atom stereocenters. The molecule has 0 aromatic heterocycles. The zero-order valence-corrected chi connectivity index (χ0v) is 52.3. The molecule has 0 bridgehead atoms. The summed E-state index contributed by atoms with van der Waals surface area (Å²) in [4.78, 5) is 101. The van der Waals surface area contributed by atoms with Crippen molar-refractivity contribution in [3.8, 4) is 16.9 Å². The molecule has 7 aromatic carbocycles. The minimum absolute atomic E-state index is 0.000898. The monoisotopic (exact) mass is 1220 g/mol. The summed E-state index contributed by atoms with van der Waals surface area (Å²) >= 11 is 1.40. The number of rotatable bonds is 28. The first-order valence-electron chi connectivity index (χ1n) is 30.1. The fourth-order valence-corrected chi connectivity index (χ4v) is 12.4. The third kappa shape index (κ3) is 18.5. The van der Waals surface area contributed by atoms with Crippen LogP contribution in [0.25, 0.3) is 11.1 Å². The first-order valence-corrected chi connectivity index (χ1v) is 31.1. The van der Waals surface area contributed by atoms with E-state index in [-0.39, 0.29) is 44.1 Å². The number of carbonyl (C=O) groups excluding carboxylic acids is 7. The van der Waals surface area contributed by atoms with Crippen molar-refractivity contribution in [2.45, 2.75) is 127 Å². The Bertz CT molecular complexity index is 3370. The van der Waals surface area contributed by atoms with Gasteiger partial charge in [0.2, 0.25) is 5.91 Å². The van der Waals surface area contributed by atoms with Crippen molar-refractivity contribution < 1.29 is 57.2 Å². The molecule has 89 heavy (non-hydrogen) atoms. The number of carbonyl (C=O) groups is 7. The molecule has 8 rings (SSSR count). The van der Waals surface area contributed by atoms with Gasteiger partial charge in [0.25, 0.3) is 0 Å². The second-order valence-electron chi connectivity index (χ2n) is 23.9. The number of benzene rings is 7. The molecule has 0 saturated heterocycles. The van der Waals surface area contributed by atoms with Gasteiger partial charge in [-0.25, -0.2) is 14.4 Å². The predicted molar refractivity (Wildman–Crippen MR) is 344 cm³/mol. The van der Waals surface area contributed by atoms with E-state index in [4.69, 9.17) is 23.7 Å². The maximum absolute atomic E-state index is 15.2. The van der Waals surface area contributed by atoms with E-state index in [0.717, 1.165) is 44.5 Å². The number of esters is 2. The molecule has 0 fully saturated rings. The molecule has 0 spiro atoms. The van der Waals surface area contributed by atoms with E-state index in [1.807, 2.05) is 177 Å². The summed E-state index contributed by atoms with van der Waals surface area (Å²) in [6.45, 7) is 12.1. The Morgan fingerprint density at radius 1 is 0.506 bits per heavy atom. The van der Waals surface area contributed by atoms with Gasteiger partial charge in [-0.2, -0.15) is 0 Å². The smallest absolute Gasteiger partial charge is 0.408 e. The molecule has 0 heterocycles. The van der Waals surface area contributed by atoms with Crippen molar-refractivity contribution in [3.05, 3.63) is 233 Å². The second-order valence-corrected chi connectivity index (χ2v) is 25.1. The number of ether oxygens (including phenoxy) is 5. The molecule has 16 heteroatoms. The third-order valence-corrected chi connectivity index (χ3v) is 16.6. The molecule has 0 unspecified atom stereocenters. The van der Waals surface area contributed by atoms with Crippen LogP contribution in [0.2, 0.25) is 0 Å². The maximum Gasteiger partial charge on any atom is 0.408 e. The standard InChI is InChI=1S/C73H79N3O12S/c1-8-84-55-39-37-50(38-40-55)46-85-68(81)63(48-89-73(52-27-15-10-16-28-52,53-29-17-11-18-30-53)54-31-19-12-20-32-54)74-67(80)51(45-66(79)87-71(2,3)4)44-65(78)61(75-70(83)88-72(5,6)7)41-42-64(77)62(43-49-25-13-9-14-26-49)76-69(82)86-47-60-58-35-23-21-33-56(58)57-34-22-24-36-59(57)60/h9-40,51,60-63H,8,41-48H2,1-7H3,(H,74,80)(H,75,83)(H,76,82)/t51-,61-,62-,63-/m0/s1. The van der Waals surface area contributed by atoms with Gasteiger partial charge in [-0.3, -0.25) is 19.2 Å². The summed E-state index contributed by atoms with van der Waals surface area (Å²) in [6, 6.07) is 57.5. The van der Waals surface area contributed by atoms with Crippen molar-refractivity contribution in [1.29, 1.82) is 0 Å². The van der Waals surface area contributed by atoms with Crippen molar-refractivity contribution in [1.82, 2.24) is 16.0 Å². The van der Waals surface area contributed by atoms with Crippen LogP contribution in [0, 0.1) is 5.92 Å². The highest BCUT2D eigenvalue weighted by atomic mass is 32.2. The first kappa shape index (κ1) is 65.9. The van der Waals surface area contributed by atoms with Crippen LogP contribution < -0.4 is 20.7 Å². The summed E-state index contributed by atoms with van der Waals surface area (Å²) in [5, 5.41) is 8.33. The molecule has 3 N–H and O–H groups in total. The Hall–Kier alpha value is -9.02. The highest BCUT2D eigenvalue weighted by molar-refractivity contribution is 8.00. The third-order valence-electron chi connectivity index (χ3n) is 14.9. The molecule has 0 saturated carbocycles. The summed E-state index contributed by atoms with van der Waals surface area (Å²) in [5.74, 6) is -4.79. The molecule has 7 aromatic rings. The lowest BCUT2D eigenvalue weighted by Gasteiger charge is -2.36. The Morgan fingerprint density at radius 3 is 1.54 bits per heavy atom. The Labute approximate surface area is 526 Å². The molecule has 0 radical (unpaired) electrons. The minimum atomic E-state index is -1.48. The summed E-state index contributed by atoms with van der Waals surface area (Å²) in [7, 11) is 0. The SMILES string of the molecule is CCOc1ccc(COC(=O)[C@H](CSC(c2ccccc2)(c2ccccc2)c2ccccc2)NC(=O)[C@H](CC(=O)OC(C)(C)C)CC(=O)[C@H](CCC(=O)[C@H](Cc2ccccc2)NC(=O)OCC2c3ccccc3-c3ccccc32)NC(=O)OC(C)(C)C)cc1.